The van der Waals surface area contributed by atoms with Crippen LogP contribution in [0.2, 0.25) is 0 Å². The van der Waals surface area contributed by atoms with Crippen LogP contribution in [0.15, 0.2) is 12.2 Å². The molecular weight excluding hydrogens is 1200 g/mol. The molecule has 3 saturated heterocycles. The minimum atomic E-state index is -5.75. The van der Waals surface area contributed by atoms with Crippen LogP contribution in [0.25, 0.3) is 0 Å². The van der Waals surface area contributed by atoms with E-state index in [0.717, 1.165) is 70.6 Å². The Balaban J connectivity index is 1.48. The highest BCUT2D eigenvalue weighted by Gasteiger charge is 2.58. The van der Waals surface area contributed by atoms with Crippen LogP contribution < -0.4 is 0 Å². The van der Waals surface area contributed by atoms with Crippen molar-refractivity contribution in [1.82, 2.24) is 0 Å². The zero-order valence-electron chi connectivity index (χ0n) is 51.9. The van der Waals surface area contributed by atoms with E-state index in [0.29, 0.717) is 19.3 Å². The number of phosphoric ester groups is 1. The summed E-state index contributed by atoms with van der Waals surface area (Å²) in [5.74, 6) is -1.41. The normalized spacial score (nSPS) is 34.6. The minimum Gasteiger partial charge on any atom is -0.462 e. The van der Waals surface area contributed by atoms with Gasteiger partial charge in [0.25, 0.3) is 0 Å². The third kappa shape index (κ3) is 27.0. The molecule has 522 valence electrons. The van der Waals surface area contributed by atoms with Crippen molar-refractivity contribution in [2.45, 2.75) is 322 Å². The number of aliphatic hydroxyl groups is 14. The number of carbonyl (C=O) groups excluding carboxylic acids is 2. The number of unbranched alkanes of at least 4 members (excludes halogenated alkanes) is 22. The van der Waals surface area contributed by atoms with Gasteiger partial charge in [0.05, 0.1) is 26.4 Å². The van der Waals surface area contributed by atoms with Crippen LogP contribution in [-0.2, 0) is 61.1 Å². The molecule has 0 radical (unpaired) electrons. The van der Waals surface area contributed by atoms with Gasteiger partial charge in [-0.25, -0.2) is 4.57 Å². The second-order valence-electron chi connectivity index (χ2n) is 24.0. The summed E-state index contributed by atoms with van der Waals surface area (Å²) in [5.41, 5.74) is 0. The molecule has 3 heterocycles. The first-order valence-electron chi connectivity index (χ1n) is 32.5. The monoisotopic (exact) mass is 1310 g/mol. The summed E-state index contributed by atoms with van der Waals surface area (Å²) >= 11 is 0. The van der Waals surface area contributed by atoms with Gasteiger partial charge in [-0.05, 0) is 38.5 Å². The average Bonchev–Trinajstić information content (AvgIpc) is 0.901. The van der Waals surface area contributed by atoms with E-state index in [1.54, 1.807) is 0 Å². The average molecular weight is 1310 g/mol. The summed E-state index contributed by atoms with van der Waals surface area (Å²) in [6, 6.07) is 0. The number of phosphoric acid groups is 1. The Kier molecular flexibility index (Phi) is 38.5. The van der Waals surface area contributed by atoms with Crippen molar-refractivity contribution in [3.05, 3.63) is 12.2 Å². The van der Waals surface area contributed by atoms with Crippen molar-refractivity contribution in [3.8, 4) is 0 Å². The van der Waals surface area contributed by atoms with Crippen molar-refractivity contribution in [3.63, 3.8) is 0 Å². The number of aliphatic hydroxyl groups excluding tert-OH is 14. The Morgan fingerprint density at radius 1 is 0.438 bits per heavy atom. The highest BCUT2D eigenvalue weighted by Crippen LogP contribution is 2.49. The standard InChI is InChI=1S/C60H109O28P/c1-3-5-7-9-11-13-15-16-17-18-19-21-22-24-26-28-30-41(63)79-34-37(82-42(64)31-29-27-25-23-20-14-12-10-8-6-4-2)35-81-89(77,78)88-57-55(86-59-53(75)47(69)44(66)39(33-62)84-59)50(72)49(71)51(73)56(57)87-60-54(76)48(70)45(67)40(85-60)36-80-58-52(74)46(68)43(65)38(32-61)83-58/h17-18,37-40,43-62,65-76H,3-16,19-36H2,1-2H3,(H,77,78)/b18-17-/t37-,38?,39?,40?,43+,44-,45+,46?,47?,48?,49+,50?,51?,52+,53-,54+,55-,56?,57+,58-,59-,60+/m1/s1. The smallest absolute Gasteiger partial charge is 0.462 e. The number of esters is 2. The van der Waals surface area contributed by atoms with E-state index in [-0.39, 0.29) is 12.8 Å². The second kappa shape index (κ2) is 43.1. The van der Waals surface area contributed by atoms with Gasteiger partial charge in [0.15, 0.2) is 25.0 Å². The van der Waals surface area contributed by atoms with E-state index in [1.807, 2.05) is 0 Å². The lowest BCUT2D eigenvalue weighted by Gasteiger charge is -2.49. The lowest BCUT2D eigenvalue weighted by atomic mass is 9.84. The van der Waals surface area contributed by atoms with E-state index in [4.69, 9.17) is 46.9 Å². The molecular formula is C60H109O28P. The lowest BCUT2D eigenvalue weighted by Crippen LogP contribution is -2.69. The number of hydrogen-bond donors (Lipinski definition) is 15. The molecule has 4 fully saturated rings. The third-order valence-corrected chi connectivity index (χ3v) is 17.7. The molecule has 15 N–H and O–H groups in total. The molecule has 4 aliphatic rings. The molecule has 4 rings (SSSR count). The van der Waals surface area contributed by atoms with Gasteiger partial charge in [-0.2, -0.15) is 0 Å². The largest absolute Gasteiger partial charge is 0.472 e. The van der Waals surface area contributed by atoms with Gasteiger partial charge in [-0.3, -0.25) is 18.6 Å². The van der Waals surface area contributed by atoms with Gasteiger partial charge < -0.3 is 114 Å². The zero-order valence-corrected chi connectivity index (χ0v) is 52.8. The summed E-state index contributed by atoms with van der Waals surface area (Å²) in [6.45, 7) is 0.0341. The van der Waals surface area contributed by atoms with Gasteiger partial charge in [-0.1, -0.05) is 148 Å². The van der Waals surface area contributed by atoms with Crippen LogP contribution in [0.3, 0.4) is 0 Å². The predicted molar refractivity (Wildman–Crippen MR) is 315 cm³/mol. The molecule has 0 aromatic heterocycles. The molecule has 0 aromatic carbocycles. The first kappa shape index (κ1) is 79.4. The number of hydrogen-bond acceptors (Lipinski definition) is 27. The Hall–Kier alpha value is -2.01. The quantitative estimate of drug-likeness (QED) is 0.0177. The van der Waals surface area contributed by atoms with E-state index < -0.39 is 188 Å². The number of carbonyl (C=O) groups is 2. The van der Waals surface area contributed by atoms with Crippen LogP contribution in [-0.4, -0.2) is 256 Å². The molecule has 10 unspecified atom stereocenters. The highest BCUT2D eigenvalue weighted by atomic mass is 31.2. The molecule has 23 atom stereocenters. The van der Waals surface area contributed by atoms with Crippen LogP contribution in [0.5, 0.6) is 0 Å². The first-order chi connectivity index (χ1) is 42.6. The number of allylic oxidation sites excluding steroid dienone is 2. The van der Waals surface area contributed by atoms with E-state index in [9.17, 15) is 90.5 Å². The van der Waals surface area contributed by atoms with Gasteiger partial charge in [0.2, 0.25) is 0 Å². The predicted octanol–water partition coefficient (Wildman–Crippen LogP) is 1.36. The molecule has 1 aliphatic carbocycles. The van der Waals surface area contributed by atoms with Crippen molar-refractivity contribution in [2.75, 3.05) is 33.0 Å². The molecule has 89 heavy (non-hydrogen) atoms. The maximum absolute atomic E-state index is 14.2. The van der Waals surface area contributed by atoms with Gasteiger partial charge >= 0.3 is 19.8 Å². The topological polar surface area (TPSA) is 447 Å². The van der Waals surface area contributed by atoms with Gasteiger partial charge in [0, 0.05) is 12.8 Å². The first-order valence-corrected chi connectivity index (χ1v) is 34.0. The van der Waals surface area contributed by atoms with Gasteiger partial charge in [0.1, 0.15) is 116 Å². The molecule has 3 aliphatic heterocycles. The molecule has 0 aromatic rings. The molecule has 1 saturated carbocycles. The Morgan fingerprint density at radius 3 is 1.26 bits per heavy atom. The van der Waals surface area contributed by atoms with Crippen molar-refractivity contribution in [2.24, 2.45) is 0 Å². The van der Waals surface area contributed by atoms with E-state index >= 15 is 0 Å². The summed E-state index contributed by atoms with van der Waals surface area (Å²) < 4.78 is 69.8. The SMILES string of the molecule is CCCCCCCCC/C=C\CCCCCCCC(=O)OC[C@H](COP(=O)(O)O[C@@H]1C(O[C@@H]2OC(CO[C@@H]3OC(CO)[C@H](O)C(O)[C@@H]3O)[C@H](O)C(O)[C@@H]2O)C(O)[C@@H](O)C(O)[C@H]1O[C@H]1OC(CO)[C@@H](O)C(O)[C@H]1O)OC(=O)CCCCCCCCCCCCC. The summed E-state index contributed by atoms with van der Waals surface area (Å²) in [5, 5.41) is 150. The van der Waals surface area contributed by atoms with Gasteiger partial charge in [-0.15, -0.1) is 0 Å². The molecule has 28 nitrogen and oxygen atoms in total. The van der Waals surface area contributed by atoms with E-state index in [2.05, 4.69) is 26.0 Å². The lowest BCUT2D eigenvalue weighted by molar-refractivity contribution is -0.364. The second-order valence-corrected chi connectivity index (χ2v) is 25.4. The summed E-state index contributed by atoms with van der Waals surface area (Å²) in [7, 11) is -5.75. The van der Waals surface area contributed by atoms with Crippen molar-refractivity contribution in [1.29, 1.82) is 0 Å². The Labute approximate surface area is 522 Å². The Bertz CT molecular complexity index is 1980. The van der Waals surface area contributed by atoms with Crippen LogP contribution >= 0.6 is 7.82 Å². The zero-order chi connectivity index (χ0) is 65.5. The molecule has 0 amide bonds. The van der Waals surface area contributed by atoms with Crippen molar-refractivity contribution < 1.29 is 137 Å². The third-order valence-electron chi connectivity index (χ3n) is 16.7. The van der Waals surface area contributed by atoms with Crippen LogP contribution in [0.1, 0.15) is 187 Å². The molecule has 29 heteroatoms. The van der Waals surface area contributed by atoms with Crippen LogP contribution in [0.4, 0.5) is 0 Å². The molecule has 0 spiro atoms. The van der Waals surface area contributed by atoms with E-state index in [1.165, 1.54) is 70.6 Å². The summed E-state index contributed by atoms with van der Waals surface area (Å²) in [4.78, 5) is 37.8. The van der Waals surface area contributed by atoms with Crippen molar-refractivity contribution >= 4 is 19.8 Å². The minimum absolute atomic E-state index is 0.0109. The maximum Gasteiger partial charge on any atom is 0.472 e. The van der Waals surface area contributed by atoms with Crippen LogP contribution in [0, 0.1) is 0 Å². The fourth-order valence-corrected chi connectivity index (χ4v) is 12.0. The highest BCUT2D eigenvalue weighted by molar-refractivity contribution is 7.47. The fraction of sp³-hybridized carbons (Fsp3) is 0.933. The number of rotatable bonds is 45. The Morgan fingerprint density at radius 2 is 0.809 bits per heavy atom. The molecule has 0 bridgehead atoms. The summed E-state index contributed by atoms with van der Waals surface area (Å²) in [6.07, 6.45) is -14.9. The maximum atomic E-state index is 14.2. The fourth-order valence-electron chi connectivity index (χ4n) is 11.1. The number of ether oxygens (including phenoxy) is 8.